The molecule has 6 heteroatoms. The Labute approximate surface area is 123 Å². The molecule has 0 saturated heterocycles. The van der Waals surface area contributed by atoms with Crippen LogP contribution in [0.1, 0.15) is 26.3 Å². The quantitative estimate of drug-likeness (QED) is 0.520. The van der Waals surface area contributed by atoms with Crippen molar-refractivity contribution in [3.05, 3.63) is 35.9 Å². The molecule has 0 aliphatic heterocycles. The molecule has 1 unspecified atom stereocenters. The molecule has 0 saturated carbocycles. The molecule has 0 fully saturated rings. The average molecular weight is 293 g/mol. The van der Waals surface area contributed by atoms with Gasteiger partial charge >= 0.3 is 12.1 Å². The molecule has 1 N–H and O–H groups in total. The number of nitrogens with one attached hydrogen (secondary N) is 1. The maximum absolute atomic E-state index is 12.0. The van der Waals surface area contributed by atoms with E-state index in [2.05, 4.69) is 10.1 Å². The lowest BCUT2D eigenvalue weighted by atomic mass is 9.91. The Kier molecular flexibility index (Phi) is 5.07. The summed E-state index contributed by atoms with van der Waals surface area (Å²) in [6, 6.07) is 8.11. The minimum absolute atomic E-state index is 0.290. The monoisotopic (exact) mass is 293 g/mol. The van der Waals surface area contributed by atoms with Crippen molar-refractivity contribution in [2.45, 2.75) is 31.9 Å². The van der Waals surface area contributed by atoms with Crippen LogP contribution in [0, 0.1) is 0 Å². The summed E-state index contributed by atoms with van der Waals surface area (Å²) in [6.07, 6.45) is -0.554. The molecule has 1 amide bonds. The van der Waals surface area contributed by atoms with E-state index in [0.717, 1.165) is 7.11 Å². The first-order valence-corrected chi connectivity index (χ1v) is 6.36. The molecular formula is C15H19NO5. The number of hydrogen-bond donors (Lipinski definition) is 1. The number of methoxy groups -OCH3 is 1. The summed E-state index contributed by atoms with van der Waals surface area (Å²) in [4.78, 5) is 35.5. The number of benzene rings is 1. The van der Waals surface area contributed by atoms with Crippen LogP contribution >= 0.6 is 0 Å². The Morgan fingerprint density at radius 3 is 2.14 bits per heavy atom. The summed E-state index contributed by atoms with van der Waals surface area (Å²) in [5.41, 5.74) is -2.40. The molecule has 1 aromatic carbocycles. The molecule has 6 nitrogen and oxygen atoms in total. The van der Waals surface area contributed by atoms with Crippen LogP contribution in [-0.2, 0) is 24.6 Å². The molecule has 114 valence electrons. The molecule has 0 heterocycles. The van der Waals surface area contributed by atoms with Crippen molar-refractivity contribution in [1.29, 1.82) is 0 Å². The van der Waals surface area contributed by atoms with Gasteiger partial charge in [0.2, 0.25) is 5.54 Å². The van der Waals surface area contributed by atoms with Gasteiger partial charge in [-0.1, -0.05) is 30.3 Å². The summed E-state index contributed by atoms with van der Waals surface area (Å²) in [5.74, 6) is -0.894. The second-order valence-corrected chi connectivity index (χ2v) is 5.41. The van der Waals surface area contributed by atoms with Crippen molar-refractivity contribution in [2.24, 2.45) is 0 Å². The summed E-state index contributed by atoms with van der Waals surface area (Å²) in [5, 5.41) is 2.30. The first kappa shape index (κ1) is 16.7. The van der Waals surface area contributed by atoms with Gasteiger partial charge < -0.3 is 9.47 Å². The molecule has 21 heavy (non-hydrogen) atoms. The Balaban J connectivity index is 3.18. The van der Waals surface area contributed by atoms with Crippen LogP contribution in [-0.4, -0.2) is 31.1 Å². The van der Waals surface area contributed by atoms with Gasteiger partial charge in [-0.3, -0.25) is 10.1 Å². The van der Waals surface area contributed by atoms with Crippen molar-refractivity contribution < 1.29 is 23.9 Å². The van der Waals surface area contributed by atoms with Gasteiger partial charge in [0.05, 0.1) is 7.11 Å². The van der Waals surface area contributed by atoms with E-state index in [0.29, 0.717) is 6.29 Å². The minimum Gasteiger partial charge on any atom is -0.467 e. The normalized spacial score (nSPS) is 13.7. The number of rotatable bonds is 4. The Hall–Kier alpha value is -2.37. The van der Waals surface area contributed by atoms with Gasteiger partial charge in [0.1, 0.15) is 5.60 Å². The van der Waals surface area contributed by atoms with Gasteiger partial charge in [-0.2, -0.15) is 0 Å². The third-order valence-electron chi connectivity index (χ3n) is 2.61. The molecule has 1 aromatic rings. The number of amides is 1. The summed E-state index contributed by atoms with van der Waals surface area (Å²) >= 11 is 0. The van der Waals surface area contributed by atoms with E-state index >= 15 is 0 Å². The number of alkyl carbamates (subject to hydrolysis) is 1. The summed E-state index contributed by atoms with van der Waals surface area (Å²) < 4.78 is 9.75. The lowest BCUT2D eigenvalue weighted by Crippen LogP contribution is -2.54. The third-order valence-corrected chi connectivity index (χ3v) is 2.61. The second-order valence-electron chi connectivity index (χ2n) is 5.41. The maximum Gasteiger partial charge on any atom is 0.409 e. The molecule has 0 spiro atoms. The molecular weight excluding hydrogens is 274 g/mol. The standard InChI is InChI=1S/C15H19NO5/c1-14(2,3)21-13(19)16-15(10-17,12(18)20-4)11-8-6-5-7-9-11/h5-10H,1-4H3,(H,16,19). The second kappa shape index (κ2) is 6.39. The molecule has 1 rings (SSSR count). The first-order valence-electron chi connectivity index (χ1n) is 6.36. The Morgan fingerprint density at radius 2 is 1.71 bits per heavy atom. The van der Waals surface area contributed by atoms with Crippen molar-refractivity contribution in [3.8, 4) is 0 Å². The molecule has 0 aromatic heterocycles. The van der Waals surface area contributed by atoms with E-state index in [1.165, 1.54) is 0 Å². The molecule has 0 aliphatic carbocycles. The lowest BCUT2D eigenvalue weighted by molar-refractivity contribution is -0.150. The fourth-order valence-electron chi connectivity index (χ4n) is 1.71. The highest BCUT2D eigenvalue weighted by Gasteiger charge is 2.44. The van der Waals surface area contributed by atoms with Crippen molar-refractivity contribution >= 4 is 18.3 Å². The number of esters is 1. The lowest BCUT2D eigenvalue weighted by Gasteiger charge is -2.28. The highest BCUT2D eigenvalue weighted by molar-refractivity contribution is 6.02. The van der Waals surface area contributed by atoms with Crippen LogP contribution < -0.4 is 5.32 Å². The highest BCUT2D eigenvalue weighted by atomic mass is 16.6. The van der Waals surface area contributed by atoms with Crippen molar-refractivity contribution in [1.82, 2.24) is 5.32 Å². The molecule has 1 atom stereocenters. The predicted octanol–water partition coefficient (Wildman–Crippen LogP) is 1.78. The molecule has 0 aliphatic rings. The minimum atomic E-state index is -1.93. The summed E-state index contributed by atoms with van der Waals surface area (Å²) in [6.45, 7) is 5.03. The van der Waals surface area contributed by atoms with Gasteiger partial charge in [-0.15, -0.1) is 0 Å². The van der Waals surface area contributed by atoms with E-state index in [4.69, 9.17) is 4.74 Å². The fourth-order valence-corrected chi connectivity index (χ4v) is 1.71. The Morgan fingerprint density at radius 1 is 1.14 bits per heavy atom. The van der Waals surface area contributed by atoms with Crippen LogP contribution in [0.25, 0.3) is 0 Å². The third kappa shape index (κ3) is 4.05. The van der Waals surface area contributed by atoms with Gasteiger partial charge in [0.25, 0.3) is 0 Å². The predicted molar refractivity (Wildman–Crippen MR) is 75.6 cm³/mol. The smallest absolute Gasteiger partial charge is 0.409 e. The van der Waals surface area contributed by atoms with E-state index in [1.807, 2.05) is 0 Å². The topological polar surface area (TPSA) is 81.7 Å². The zero-order valence-electron chi connectivity index (χ0n) is 12.5. The van der Waals surface area contributed by atoms with Crippen LogP contribution in [0.4, 0.5) is 4.79 Å². The van der Waals surface area contributed by atoms with E-state index in [-0.39, 0.29) is 5.56 Å². The van der Waals surface area contributed by atoms with E-state index in [1.54, 1.807) is 51.1 Å². The van der Waals surface area contributed by atoms with Gasteiger partial charge in [-0.05, 0) is 26.3 Å². The van der Waals surface area contributed by atoms with Gasteiger partial charge in [-0.25, -0.2) is 9.59 Å². The van der Waals surface area contributed by atoms with Gasteiger partial charge in [0, 0.05) is 0 Å². The summed E-state index contributed by atoms with van der Waals surface area (Å²) in [7, 11) is 1.14. The molecule has 0 radical (unpaired) electrons. The zero-order chi connectivity index (χ0) is 16.1. The first-order chi connectivity index (χ1) is 9.75. The van der Waals surface area contributed by atoms with Gasteiger partial charge in [0.15, 0.2) is 6.29 Å². The van der Waals surface area contributed by atoms with Crippen LogP contribution in [0.5, 0.6) is 0 Å². The average Bonchev–Trinajstić information content (AvgIpc) is 2.43. The molecule has 0 bridgehead atoms. The maximum atomic E-state index is 12.0. The number of aldehydes is 1. The SMILES string of the molecule is COC(=O)C(C=O)(NC(=O)OC(C)(C)C)c1ccccc1. The number of carbonyl (C=O) groups excluding carboxylic acids is 3. The fraction of sp³-hybridized carbons (Fsp3) is 0.400. The van der Waals surface area contributed by atoms with Crippen LogP contribution in [0.15, 0.2) is 30.3 Å². The largest absolute Gasteiger partial charge is 0.467 e. The van der Waals surface area contributed by atoms with E-state index < -0.39 is 23.2 Å². The van der Waals surface area contributed by atoms with Crippen LogP contribution in [0.2, 0.25) is 0 Å². The number of ether oxygens (including phenoxy) is 2. The zero-order valence-corrected chi connectivity index (χ0v) is 12.5. The van der Waals surface area contributed by atoms with Crippen molar-refractivity contribution in [3.63, 3.8) is 0 Å². The highest BCUT2D eigenvalue weighted by Crippen LogP contribution is 2.21. The number of carbonyl (C=O) groups is 3. The number of hydrogen-bond acceptors (Lipinski definition) is 5. The van der Waals surface area contributed by atoms with Crippen molar-refractivity contribution in [2.75, 3.05) is 7.11 Å². The van der Waals surface area contributed by atoms with Crippen LogP contribution in [0.3, 0.4) is 0 Å². The Bertz CT molecular complexity index is 521. The van der Waals surface area contributed by atoms with E-state index in [9.17, 15) is 14.4 Å².